The highest BCUT2D eigenvalue weighted by molar-refractivity contribution is 5.56. The molecule has 0 spiro atoms. The number of ether oxygens (including phenoxy) is 1. The molecule has 0 saturated carbocycles. The van der Waals surface area contributed by atoms with Gasteiger partial charge in [0.05, 0.1) is 18.8 Å². The average Bonchev–Trinajstić information content (AvgIpc) is 2.40. The van der Waals surface area contributed by atoms with Crippen molar-refractivity contribution in [3.8, 4) is 17.2 Å². The van der Waals surface area contributed by atoms with Gasteiger partial charge < -0.3 is 20.1 Å². The van der Waals surface area contributed by atoms with E-state index in [1.54, 1.807) is 0 Å². The van der Waals surface area contributed by atoms with Gasteiger partial charge in [-0.25, -0.2) is 4.39 Å². The zero-order valence-electron chi connectivity index (χ0n) is 10.1. The summed E-state index contributed by atoms with van der Waals surface area (Å²) in [6.07, 6.45) is 0. The van der Waals surface area contributed by atoms with Gasteiger partial charge in [-0.2, -0.15) is 0 Å². The van der Waals surface area contributed by atoms with Crippen LogP contribution in [0.5, 0.6) is 17.2 Å². The molecule has 1 saturated heterocycles. The highest BCUT2D eigenvalue weighted by Gasteiger charge is 2.23. The monoisotopic (exact) mass is 257 g/mol. The number of nitrogens with zero attached hydrogens (tertiary/aromatic N) is 1. The summed E-state index contributed by atoms with van der Waals surface area (Å²) in [6, 6.07) is 0. The van der Waals surface area contributed by atoms with E-state index in [-0.39, 0.29) is 23.4 Å². The van der Waals surface area contributed by atoms with Gasteiger partial charge in [0, 0.05) is 25.2 Å². The first-order valence-electron chi connectivity index (χ1n) is 5.74. The van der Waals surface area contributed by atoms with E-state index >= 15 is 0 Å². The number of morpholine rings is 1. The average molecular weight is 257 g/mol. The molecule has 1 fully saturated rings. The lowest BCUT2D eigenvalue weighted by Gasteiger charge is -2.27. The number of hydrogen-bond acceptors (Lipinski definition) is 5. The maximum atomic E-state index is 13.4. The van der Waals surface area contributed by atoms with E-state index in [9.17, 15) is 19.7 Å². The highest BCUT2D eigenvalue weighted by Crippen LogP contribution is 2.41. The van der Waals surface area contributed by atoms with Gasteiger partial charge in [0.15, 0.2) is 17.3 Å². The molecule has 1 aliphatic rings. The molecule has 0 unspecified atom stereocenters. The van der Waals surface area contributed by atoms with Crippen molar-refractivity contribution in [3.05, 3.63) is 16.9 Å². The largest absolute Gasteiger partial charge is 0.507 e. The summed E-state index contributed by atoms with van der Waals surface area (Å²) >= 11 is 0. The van der Waals surface area contributed by atoms with Crippen LogP contribution in [0.3, 0.4) is 0 Å². The van der Waals surface area contributed by atoms with Gasteiger partial charge in [0.1, 0.15) is 5.75 Å². The second kappa shape index (κ2) is 4.99. The van der Waals surface area contributed by atoms with Crippen molar-refractivity contribution in [2.45, 2.75) is 13.5 Å². The minimum atomic E-state index is -0.990. The molecule has 1 heterocycles. The third-order valence-corrected chi connectivity index (χ3v) is 3.17. The topological polar surface area (TPSA) is 73.2 Å². The highest BCUT2D eigenvalue weighted by atomic mass is 19.1. The number of phenolic OH excluding ortho intramolecular Hbond substituents is 3. The Balaban J connectivity index is 2.32. The SMILES string of the molecule is Cc1c(O)c(CN2CCOCC2)c(O)c(O)c1F. The molecule has 3 N–H and O–H groups in total. The zero-order chi connectivity index (χ0) is 13.3. The molecule has 6 heteroatoms. The lowest BCUT2D eigenvalue weighted by Crippen LogP contribution is -2.35. The van der Waals surface area contributed by atoms with E-state index in [0.717, 1.165) is 0 Å². The second-order valence-corrected chi connectivity index (χ2v) is 4.35. The summed E-state index contributed by atoms with van der Waals surface area (Å²) in [5.74, 6) is -2.71. The van der Waals surface area contributed by atoms with Crippen LogP contribution in [0.15, 0.2) is 0 Å². The molecule has 1 aromatic carbocycles. The van der Waals surface area contributed by atoms with E-state index in [1.165, 1.54) is 6.92 Å². The van der Waals surface area contributed by atoms with E-state index in [0.29, 0.717) is 26.3 Å². The second-order valence-electron chi connectivity index (χ2n) is 4.35. The van der Waals surface area contributed by atoms with Crippen LogP contribution in [0.1, 0.15) is 11.1 Å². The molecule has 2 rings (SSSR count). The van der Waals surface area contributed by atoms with E-state index in [4.69, 9.17) is 4.74 Å². The summed E-state index contributed by atoms with van der Waals surface area (Å²) in [7, 11) is 0. The van der Waals surface area contributed by atoms with Gasteiger partial charge in [-0.05, 0) is 6.92 Å². The molecule has 1 aromatic rings. The standard InChI is InChI=1S/C12H16FNO4/c1-7-9(13)12(17)11(16)8(10(7)15)6-14-2-4-18-5-3-14/h15-17H,2-6H2,1H3. The molecule has 0 bridgehead atoms. The fourth-order valence-electron chi connectivity index (χ4n) is 2.00. The van der Waals surface area contributed by atoms with Crippen LogP contribution in [-0.2, 0) is 11.3 Å². The van der Waals surface area contributed by atoms with E-state index in [2.05, 4.69) is 0 Å². The molecule has 18 heavy (non-hydrogen) atoms. The first-order chi connectivity index (χ1) is 8.52. The van der Waals surface area contributed by atoms with Gasteiger partial charge in [0.25, 0.3) is 0 Å². The molecular weight excluding hydrogens is 241 g/mol. The minimum absolute atomic E-state index is 0.0615. The molecule has 0 radical (unpaired) electrons. The van der Waals surface area contributed by atoms with Crippen molar-refractivity contribution in [1.29, 1.82) is 0 Å². The fraction of sp³-hybridized carbons (Fsp3) is 0.500. The fourth-order valence-corrected chi connectivity index (χ4v) is 2.00. The van der Waals surface area contributed by atoms with E-state index in [1.807, 2.05) is 4.90 Å². The summed E-state index contributed by atoms with van der Waals surface area (Å²) in [5.41, 5.74) is 0.0851. The maximum absolute atomic E-state index is 13.4. The normalized spacial score (nSPS) is 17.0. The van der Waals surface area contributed by atoms with Gasteiger partial charge in [-0.1, -0.05) is 0 Å². The van der Waals surface area contributed by atoms with Crippen LogP contribution in [-0.4, -0.2) is 46.5 Å². The Labute approximate surface area is 104 Å². The molecule has 5 nitrogen and oxygen atoms in total. The molecule has 100 valence electrons. The van der Waals surface area contributed by atoms with Crippen molar-refractivity contribution >= 4 is 0 Å². The quantitative estimate of drug-likeness (QED) is 0.546. The first kappa shape index (κ1) is 12.9. The summed E-state index contributed by atoms with van der Waals surface area (Å²) in [4.78, 5) is 1.95. The molecule has 0 amide bonds. The van der Waals surface area contributed by atoms with Crippen LogP contribution in [0.2, 0.25) is 0 Å². The molecule has 1 aliphatic heterocycles. The summed E-state index contributed by atoms with van der Waals surface area (Å²) < 4.78 is 18.6. The maximum Gasteiger partial charge on any atom is 0.194 e. The van der Waals surface area contributed by atoms with Gasteiger partial charge in [0.2, 0.25) is 0 Å². The van der Waals surface area contributed by atoms with Crippen LogP contribution < -0.4 is 0 Å². The lowest BCUT2D eigenvalue weighted by molar-refractivity contribution is 0.0335. The predicted molar refractivity (Wildman–Crippen MR) is 62.2 cm³/mol. The number of hydrogen-bond donors (Lipinski definition) is 3. The molecule has 0 aliphatic carbocycles. The Hall–Kier alpha value is -1.53. The van der Waals surface area contributed by atoms with Gasteiger partial charge >= 0.3 is 0 Å². The number of benzene rings is 1. The zero-order valence-corrected chi connectivity index (χ0v) is 10.1. The van der Waals surface area contributed by atoms with Crippen molar-refractivity contribution in [1.82, 2.24) is 4.90 Å². The van der Waals surface area contributed by atoms with Crippen molar-refractivity contribution < 1.29 is 24.4 Å². The van der Waals surface area contributed by atoms with Gasteiger partial charge in [-0.15, -0.1) is 0 Å². The number of halogens is 1. The Morgan fingerprint density at radius 1 is 1.11 bits per heavy atom. The smallest absolute Gasteiger partial charge is 0.194 e. The van der Waals surface area contributed by atoms with Gasteiger partial charge in [-0.3, -0.25) is 4.90 Å². The Kier molecular flexibility index (Phi) is 3.58. The number of rotatable bonds is 2. The summed E-state index contributed by atoms with van der Waals surface area (Å²) in [6.45, 7) is 4.08. The third kappa shape index (κ3) is 2.21. The molecular formula is C12H16FNO4. The van der Waals surface area contributed by atoms with Crippen LogP contribution in [0, 0.1) is 12.7 Å². The van der Waals surface area contributed by atoms with E-state index < -0.39 is 17.3 Å². The Morgan fingerprint density at radius 2 is 1.72 bits per heavy atom. The Morgan fingerprint density at radius 3 is 2.33 bits per heavy atom. The minimum Gasteiger partial charge on any atom is -0.507 e. The van der Waals surface area contributed by atoms with Crippen molar-refractivity contribution in [3.63, 3.8) is 0 Å². The predicted octanol–water partition coefficient (Wildman–Crippen LogP) is 1.08. The lowest BCUT2D eigenvalue weighted by atomic mass is 10.1. The van der Waals surface area contributed by atoms with Crippen LogP contribution in [0.25, 0.3) is 0 Å². The van der Waals surface area contributed by atoms with Crippen LogP contribution in [0.4, 0.5) is 4.39 Å². The number of phenols is 3. The summed E-state index contributed by atoms with van der Waals surface area (Å²) in [5, 5.41) is 29.0. The Bertz CT molecular complexity index is 429. The van der Waals surface area contributed by atoms with Crippen LogP contribution >= 0.6 is 0 Å². The first-order valence-corrected chi connectivity index (χ1v) is 5.74. The third-order valence-electron chi connectivity index (χ3n) is 3.17. The number of aromatic hydroxyl groups is 3. The van der Waals surface area contributed by atoms with Crippen molar-refractivity contribution in [2.24, 2.45) is 0 Å². The molecule has 0 atom stereocenters. The van der Waals surface area contributed by atoms with Crippen molar-refractivity contribution in [2.75, 3.05) is 26.3 Å². The molecule has 0 aromatic heterocycles.